The molecule has 1 aromatic heterocycles. The highest BCUT2D eigenvalue weighted by Crippen LogP contribution is 2.32. The van der Waals surface area contributed by atoms with Gasteiger partial charge in [-0.2, -0.15) is 9.36 Å². The summed E-state index contributed by atoms with van der Waals surface area (Å²) in [6.07, 6.45) is 3.28. The van der Waals surface area contributed by atoms with Gasteiger partial charge in [-0.3, -0.25) is 0 Å². The molecule has 4 nitrogen and oxygen atoms in total. The molecular formula is C8H10BrClN2O2S2. The summed E-state index contributed by atoms with van der Waals surface area (Å²) < 4.78 is 28.6. The normalized spacial score (nSPS) is 26.9. The van der Waals surface area contributed by atoms with Gasteiger partial charge in [-0.1, -0.05) is 12.8 Å². The van der Waals surface area contributed by atoms with Gasteiger partial charge in [0.05, 0.1) is 10.6 Å². The molecule has 0 aliphatic heterocycles. The van der Waals surface area contributed by atoms with Gasteiger partial charge < -0.3 is 0 Å². The summed E-state index contributed by atoms with van der Waals surface area (Å²) in [6.45, 7) is 0. The van der Waals surface area contributed by atoms with E-state index >= 15 is 0 Å². The molecule has 0 amide bonds. The van der Waals surface area contributed by atoms with Gasteiger partial charge in [0, 0.05) is 0 Å². The first kappa shape index (κ1) is 12.7. The Morgan fingerprint density at radius 3 is 2.62 bits per heavy atom. The Bertz CT molecular complexity index is 476. The lowest BCUT2D eigenvalue weighted by molar-refractivity contribution is 0.489. The maximum absolute atomic E-state index is 12.2. The quantitative estimate of drug-likeness (QED) is 0.773. The number of halogens is 2. The molecular weight excluding hydrogens is 336 g/mol. The second kappa shape index (κ2) is 4.88. The zero-order valence-electron chi connectivity index (χ0n) is 8.27. The first-order valence-corrected chi connectivity index (χ1v) is 8.44. The molecule has 0 N–H and O–H groups in total. The van der Waals surface area contributed by atoms with Crippen molar-refractivity contribution in [3.63, 3.8) is 0 Å². The predicted molar refractivity (Wildman–Crippen MR) is 66.7 cm³/mol. The first-order chi connectivity index (χ1) is 7.51. The molecule has 8 heteroatoms. The van der Waals surface area contributed by atoms with Gasteiger partial charge in [-0.05, 0) is 40.3 Å². The minimum atomic E-state index is -3.41. The van der Waals surface area contributed by atoms with Crippen LogP contribution in [-0.2, 0) is 9.84 Å². The molecule has 0 bridgehead atoms. The van der Waals surface area contributed by atoms with Gasteiger partial charge >= 0.3 is 0 Å². The molecule has 0 radical (unpaired) electrons. The van der Waals surface area contributed by atoms with E-state index in [1.807, 2.05) is 0 Å². The van der Waals surface area contributed by atoms with Crippen molar-refractivity contribution >= 4 is 48.9 Å². The van der Waals surface area contributed by atoms with E-state index in [-0.39, 0.29) is 9.72 Å². The molecule has 1 aromatic rings. The molecule has 0 aromatic carbocycles. The topological polar surface area (TPSA) is 59.9 Å². The van der Waals surface area contributed by atoms with E-state index in [9.17, 15) is 8.42 Å². The third-order valence-corrected chi connectivity index (χ3v) is 7.28. The smallest absolute Gasteiger partial charge is 0.221 e. The van der Waals surface area contributed by atoms with E-state index in [2.05, 4.69) is 25.3 Å². The Morgan fingerprint density at radius 2 is 2.06 bits per heavy atom. The Balaban J connectivity index is 2.31. The fraction of sp³-hybridized carbons (Fsp3) is 0.750. The number of alkyl halides is 1. The van der Waals surface area contributed by atoms with E-state index in [0.717, 1.165) is 30.8 Å². The molecule has 1 aliphatic rings. The number of hydrogen-bond acceptors (Lipinski definition) is 5. The molecule has 1 aliphatic carbocycles. The van der Waals surface area contributed by atoms with E-state index in [1.165, 1.54) is 0 Å². The van der Waals surface area contributed by atoms with Crippen molar-refractivity contribution in [2.45, 2.75) is 40.6 Å². The van der Waals surface area contributed by atoms with Crippen LogP contribution in [0.3, 0.4) is 0 Å². The summed E-state index contributed by atoms with van der Waals surface area (Å²) in [5.41, 5.74) is 0. The summed E-state index contributed by atoms with van der Waals surface area (Å²) >= 11 is 10.0. The zero-order valence-corrected chi connectivity index (χ0v) is 12.2. The van der Waals surface area contributed by atoms with E-state index in [0.29, 0.717) is 11.2 Å². The number of hydrogen-bond donors (Lipinski definition) is 0. The molecule has 1 saturated carbocycles. The third kappa shape index (κ3) is 2.42. The van der Waals surface area contributed by atoms with Crippen LogP contribution in [0.1, 0.15) is 25.7 Å². The van der Waals surface area contributed by atoms with Gasteiger partial charge in [-0.25, -0.2) is 8.42 Å². The minimum Gasteiger partial charge on any atom is -0.221 e. The first-order valence-electron chi connectivity index (χ1n) is 4.89. The lowest BCUT2D eigenvalue weighted by atomic mass is 10.00. The largest absolute Gasteiger partial charge is 0.229 e. The summed E-state index contributed by atoms with van der Waals surface area (Å²) in [5, 5.41) is -0.816. The second-order valence-corrected chi connectivity index (χ2v) is 8.08. The number of sulfone groups is 1. The average molecular weight is 346 g/mol. The Kier molecular flexibility index (Phi) is 3.88. The Hall–Kier alpha value is 0.280. The average Bonchev–Trinajstić information content (AvgIpc) is 2.66. The molecule has 0 unspecified atom stereocenters. The summed E-state index contributed by atoms with van der Waals surface area (Å²) in [6, 6.07) is 0. The van der Waals surface area contributed by atoms with Crippen LogP contribution >= 0.6 is 39.1 Å². The molecule has 0 saturated heterocycles. The van der Waals surface area contributed by atoms with Crippen molar-refractivity contribution in [2.24, 2.45) is 0 Å². The summed E-state index contributed by atoms with van der Waals surface area (Å²) in [5.74, 6) is 0. The standard InChI is InChI=1S/C8H10BrClN2O2S2/c9-7-11-8(15-12-7)16(13,14)6-4-2-1-3-5(6)10/h5-6H,1-4H2/t5-,6-/m1/s1. The van der Waals surface area contributed by atoms with Crippen LogP contribution < -0.4 is 0 Å². The highest BCUT2D eigenvalue weighted by Gasteiger charge is 2.37. The van der Waals surface area contributed by atoms with Crippen LogP contribution in [-0.4, -0.2) is 28.4 Å². The lowest BCUT2D eigenvalue weighted by Crippen LogP contribution is -2.33. The molecule has 2 rings (SSSR count). The lowest BCUT2D eigenvalue weighted by Gasteiger charge is -2.25. The molecule has 16 heavy (non-hydrogen) atoms. The highest BCUT2D eigenvalue weighted by molar-refractivity contribution is 9.10. The van der Waals surface area contributed by atoms with Gasteiger partial charge in [-0.15, -0.1) is 11.6 Å². The van der Waals surface area contributed by atoms with Crippen molar-refractivity contribution in [1.82, 2.24) is 9.36 Å². The second-order valence-electron chi connectivity index (χ2n) is 3.71. The van der Waals surface area contributed by atoms with Gasteiger partial charge in [0.15, 0.2) is 0 Å². The van der Waals surface area contributed by atoms with Crippen LogP contribution in [0.5, 0.6) is 0 Å². The predicted octanol–water partition coefficient (Wildman–Crippen LogP) is 2.62. The van der Waals surface area contributed by atoms with E-state index in [4.69, 9.17) is 11.6 Å². The van der Waals surface area contributed by atoms with Crippen LogP contribution in [0.4, 0.5) is 0 Å². The zero-order chi connectivity index (χ0) is 11.8. The Morgan fingerprint density at radius 1 is 1.38 bits per heavy atom. The van der Waals surface area contributed by atoms with Crippen molar-refractivity contribution in [1.29, 1.82) is 0 Å². The maximum Gasteiger partial charge on any atom is 0.229 e. The van der Waals surface area contributed by atoms with Crippen molar-refractivity contribution < 1.29 is 8.42 Å². The fourth-order valence-corrected chi connectivity index (χ4v) is 5.85. The number of rotatable bonds is 2. The third-order valence-electron chi connectivity index (χ3n) is 2.65. The van der Waals surface area contributed by atoms with Crippen LogP contribution in [0.25, 0.3) is 0 Å². The maximum atomic E-state index is 12.2. The minimum absolute atomic E-state index is 0.0666. The number of aromatic nitrogens is 2. The molecule has 0 spiro atoms. The van der Waals surface area contributed by atoms with Gasteiger partial charge in [0.25, 0.3) is 0 Å². The van der Waals surface area contributed by atoms with Crippen molar-refractivity contribution in [3.05, 3.63) is 4.73 Å². The SMILES string of the molecule is O=S(=O)(c1nc(Br)ns1)[C@@H]1CCCC[C@H]1Cl. The molecule has 2 atom stereocenters. The fourth-order valence-electron chi connectivity index (χ4n) is 1.84. The van der Waals surface area contributed by atoms with Crippen LogP contribution in [0.15, 0.2) is 9.07 Å². The van der Waals surface area contributed by atoms with Crippen LogP contribution in [0.2, 0.25) is 0 Å². The van der Waals surface area contributed by atoms with Crippen LogP contribution in [0, 0.1) is 0 Å². The number of nitrogens with zero attached hydrogens (tertiary/aromatic N) is 2. The molecule has 1 fully saturated rings. The highest BCUT2D eigenvalue weighted by atomic mass is 79.9. The summed E-state index contributed by atoms with van der Waals surface area (Å²) in [4.78, 5) is 3.87. The van der Waals surface area contributed by atoms with Gasteiger partial charge in [0.2, 0.25) is 18.9 Å². The Labute approximate surface area is 112 Å². The monoisotopic (exact) mass is 344 g/mol. The van der Waals surface area contributed by atoms with Gasteiger partial charge in [0.1, 0.15) is 0 Å². The molecule has 90 valence electrons. The van der Waals surface area contributed by atoms with Crippen molar-refractivity contribution in [2.75, 3.05) is 0 Å². The van der Waals surface area contributed by atoms with E-state index in [1.54, 1.807) is 0 Å². The molecule has 1 heterocycles. The summed E-state index contributed by atoms with van der Waals surface area (Å²) in [7, 11) is -3.41. The van der Waals surface area contributed by atoms with E-state index < -0.39 is 15.1 Å². The van der Waals surface area contributed by atoms with Crippen molar-refractivity contribution in [3.8, 4) is 0 Å².